The number of fused-ring (bicyclic) bond motifs is 1. The van der Waals surface area contributed by atoms with Gasteiger partial charge < -0.3 is 0 Å². The van der Waals surface area contributed by atoms with E-state index >= 15 is 0 Å². The summed E-state index contributed by atoms with van der Waals surface area (Å²) < 4.78 is 1.36. The predicted molar refractivity (Wildman–Crippen MR) is 76.9 cm³/mol. The Bertz CT molecular complexity index is 562. The maximum Gasteiger partial charge on any atom is 0.0831 e. The molecule has 1 unspecified atom stereocenters. The molecule has 2 aromatic heterocycles. The van der Waals surface area contributed by atoms with Crippen LogP contribution in [-0.2, 0) is 0 Å². The highest BCUT2D eigenvalue weighted by molar-refractivity contribution is 9.09. The average molecular weight is 309 g/mol. The summed E-state index contributed by atoms with van der Waals surface area (Å²) in [7, 11) is 0. The molecular weight excluding hydrogens is 300 g/mol. The van der Waals surface area contributed by atoms with Crippen LogP contribution in [-0.4, -0.2) is 0 Å². The van der Waals surface area contributed by atoms with Crippen molar-refractivity contribution in [2.45, 2.75) is 4.83 Å². The molecule has 1 atom stereocenters. The average Bonchev–Trinajstić information content (AvgIpc) is 2.97. The highest BCUT2D eigenvalue weighted by Gasteiger charge is 2.13. The van der Waals surface area contributed by atoms with Gasteiger partial charge in [0.1, 0.15) is 0 Å². The number of benzene rings is 1. The van der Waals surface area contributed by atoms with Gasteiger partial charge in [-0.3, -0.25) is 0 Å². The number of hydrogen-bond acceptors (Lipinski definition) is 2. The van der Waals surface area contributed by atoms with Gasteiger partial charge in [-0.2, -0.15) is 0 Å². The predicted octanol–water partition coefficient (Wildman–Crippen LogP) is 5.45. The molecule has 0 aliphatic heterocycles. The van der Waals surface area contributed by atoms with Gasteiger partial charge in [0, 0.05) is 14.5 Å². The standard InChI is InChI=1S/C13H9BrS2/c14-13(11-6-3-7-15-11)12-8-9-4-1-2-5-10(9)16-12/h1-8,13H. The van der Waals surface area contributed by atoms with Gasteiger partial charge in [0.05, 0.1) is 4.83 Å². The fourth-order valence-electron chi connectivity index (χ4n) is 1.70. The first kappa shape index (κ1) is 10.5. The Kier molecular flexibility index (Phi) is 2.84. The lowest BCUT2D eigenvalue weighted by atomic mass is 10.2. The molecular formula is C13H9BrS2. The Labute approximate surface area is 111 Å². The van der Waals surface area contributed by atoms with E-state index in [0.717, 1.165) is 0 Å². The van der Waals surface area contributed by atoms with Crippen molar-refractivity contribution < 1.29 is 0 Å². The normalized spacial score (nSPS) is 13.1. The summed E-state index contributed by atoms with van der Waals surface area (Å²) in [4.78, 5) is 3.08. The van der Waals surface area contributed by atoms with Crippen molar-refractivity contribution in [1.82, 2.24) is 0 Å². The summed E-state index contributed by atoms with van der Waals surface area (Å²) in [5.41, 5.74) is 0. The summed E-state index contributed by atoms with van der Waals surface area (Å²) in [6.07, 6.45) is 0. The Morgan fingerprint density at radius 1 is 1.00 bits per heavy atom. The van der Waals surface area contributed by atoms with E-state index in [2.05, 4.69) is 63.8 Å². The van der Waals surface area contributed by atoms with Gasteiger partial charge in [-0.05, 0) is 29.0 Å². The van der Waals surface area contributed by atoms with Gasteiger partial charge in [-0.1, -0.05) is 40.2 Å². The monoisotopic (exact) mass is 308 g/mol. The second-order valence-electron chi connectivity index (χ2n) is 3.56. The van der Waals surface area contributed by atoms with Gasteiger partial charge in [0.25, 0.3) is 0 Å². The van der Waals surface area contributed by atoms with Crippen molar-refractivity contribution in [2.24, 2.45) is 0 Å². The number of alkyl halides is 1. The summed E-state index contributed by atoms with van der Waals surface area (Å²) in [5, 5.41) is 3.46. The minimum absolute atomic E-state index is 0.338. The van der Waals surface area contributed by atoms with Crippen molar-refractivity contribution in [3.05, 3.63) is 57.6 Å². The van der Waals surface area contributed by atoms with Crippen molar-refractivity contribution in [1.29, 1.82) is 0 Å². The lowest BCUT2D eigenvalue weighted by Crippen LogP contribution is -1.83. The first-order chi connectivity index (χ1) is 7.84. The summed E-state index contributed by atoms with van der Waals surface area (Å²) in [6, 6.07) is 15.1. The zero-order valence-corrected chi connectivity index (χ0v) is 11.6. The topological polar surface area (TPSA) is 0 Å². The zero-order valence-electron chi connectivity index (χ0n) is 8.39. The van der Waals surface area contributed by atoms with Crippen molar-refractivity contribution in [2.75, 3.05) is 0 Å². The molecule has 3 heteroatoms. The molecule has 0 amide bonds. The fraction of sp³-hybridized carbons (Fsp3) is 0.0769. The zero-order chi connectivity index (χ0) is 11.0. The Balaban J connectivity index is 2.06. The van der Waals surface area contributed by atoms with E-state index < -0.39 is 0 Å². The molecule has 0 saturated carbocycles. The van der Waals surface area contributed by atoms with Crippen LogP contribution in [0, 0.1) is 0 Å². The first-order valence-electron chi connectivity index (χ1n) is 5.00. The van der Waals surface area contributed by atoms with E-state index in [1.54, 1.807) is 11.3 Å². The molecule has 3 rings (SSSR count). The molecule has 0 N–H and O–H groups in total. The molecule has 1 aromatic carbocycles. The molecule has 3 aromatic rings. The van der Waals surface area contributed by atoms with Crippen LogP contribution in [0.4, 0.5) is 0 Å². The summed E-state index contributed by atoms with van der Waals surface area (Å²) in [5.74, 6) is 0. The van der Waals surface area contributed by atoms with Crippen LogP contribution in [0.1, 0.15) is 14.6 Å². The third kappa shape index (κ3) is 1.83. The smallest absolute Gasteiger partial charge is 0.0831 e. The van der Waals surface area contributed by atoms with E-state index in [1.807, 2.05) is 11.3 Å². The lowest BCUT2D eigenvalue weighted by molar-refractivity contribution is 1.29. The minimum Gasteiger partial charge on any atom is -0.147 e. The molecule has 0 fully saturated rings. The number of thiophene rings is 2. The van der Waals surface area contributed by atoms with E-state index in [1.165, 1.54) is 19.8 Å². The second-order valence-corrected chi connectivity index (χ2v) is 6.57. The van der Waals surface area contributed by atoms with Crippen LogP contribution in [0.25, 0.3) is 10.1 Å². The molecule has 0 aliphatic carbocycles. The second kappa shape index (κ2) is 4.32. The molecule has 16 heavy (non-hydrogen) atoms. The van der Waals surface area contributed by atoms with Crippen LogP contribution in [0.5, 0.6) is 0 Å². The van der Waals surface area contributed by atoms with Crippen molar-refractivity contribution >= 4 is 48.7 Å². The fourth-order valence-corrected chi connectivity index (χ4v) is 4.45. The molecule has 2 heterocycles. The van der Waals surface area contributed by atoms with Crippen LogP contribution in [0.3, 0.4) is 0 Å². The minimum atomic E-state index is 0.338. The molecule has 0 aliphatic rings. The highest BCUT2D eigenvalue weighted by Crippen LogP contribution is 2.39. The maximum absolute atomic E-state index is 3.77. The maximum atomic E-state index is 3.77. The van der Waals surface area contributed by atoms with E-state index in [-0.39, 0.29) is 0 Å². The molecule has 0 nitrogen and oxygen atoms in total. The van der Waals surface area contributed by atoms with Crippen molar-refractivity contribution in [3.63, 3.8) is 0 Å². The molecule has 0 spiro atoms. The molecule has 0 radical (unpaired) electrons. The van der Waals surface area contributed by atoms with Gasteiger partial charge in [-0.15, -0.1) is 22.7 Å². The number of halogens is 1. The van der Waals surface area contributed by atoms with Gasteiger partial charge in [0.15, 0.2) is 0 Å². The van der Waals surface area contributed by atoms with Crippen LogP contribution < -0.4 is 0 Å². The molecule has 0 bridgehead atoms. The third-order valence-electron chi connectivity index (χ3n) is 2.49. The van der Waals surface area contributed by atoms with E-state index in [4.69, 9.17) is 0 Å². The van der Waals surface area contributed by atoms with Crippen LogP contribution in [0.15, 0.2) is 47.8 Å². The number of rotatable bonds is 2. The van der Waals surface area contributed by atoms with Crippen LogP contribution >= 0.6 is 38.6 Å². The van der Waals surface area contributed by atoms with Crippen molar-refractivity contribution in [3.8, 4) is 0 Å². The summed E-state index contributed by atoms with van der Waals surface area (Å²) >= 11 is 7.43. The van der Waals surface area contributed by atoms with Gasteiger partial charge in [0.2, 0.25) is 0 Å². The van der Waals surface area contributed by atoms with Gasteiger partial charge >= 0.3 is 0 Å². The Morgan fingerprint density at radius 3 is 2.62 bits per heavy atom. The van der Waals surface area contributed by atoms with E-state index in [9.17, 15) is 0 Å². The van der Waals surface area contributed by atoms with Crippen LogP contribution in [0.2, 0.25) is 0 Å². The lowest BCUT2D eigenvalue weighted by Gasteiger charge is -2.02. The third-order valence-corrected chi connectivity index (χ3v) is 6.20. The quantitative estimate of drug-likeness (QED) is 0.552. The Morgan fingerprint density at radius 2 is 1.88 bits per heavy atom. The Hall–Kier alpha value is -0.640. The number of hydrogen-bond donors (Lipinski definition) is 0. The largest absolute Gasteiger partial charge is 0.147 e. The summed E-state index contributed by atoms with van der Waals surface area (Å²) in [6.45, 7) is 0. The first-order valence-corrected chi connectivity index (χ1v) is 7.62. The highest BCUT2D eigenvalue weighted by atomic mass is 79.9. The molecule has 80 valence electrons. The van der Waals surface area contributed by atoms with E-state index in [0.29, 0.717) is 4.83 Å². The molecule has 0 saturated heterocycles. The van der Waals surface area contributed by atoms with Gasteiger partial charge in [-0.25, -0.2) is 0 Å². The SMILES string of the molecule is BrC(c1cccs1)c1cc2ccccc2s1.